The third-order valence-electron chi connectivity index (χ3n) is 5.59. The van der Waals surface area contributed by atoms with E-state index in [1.807, 2.05) is 25.1 Å². The van der Waals surface area contributed by atoms with Crippen molar-refractivity contribution in [3.05, 3.63) is 48.2 Å². The van der Waals surface area contributed by atoms with Crippen molar-refractivity contribution >= 4 is 17.4 Å². The summed E-state index contributed by atoms with van der Waals surface area (Å²) in [5.41, 5.74) is 2.16. The van der Waals surface area contributed by atoms with Gasteiger partial charge in [-0.05, 0) is 44.0 Å². The van der Waals surface area contributed by atoms with E-state index in [-0.39, 0.29) is 5.92 Å². The van der Waals surface area contributed by atoms with Crippen molar-refractivity contribution in [1.29, 1.82) is 0 Å². The van der Waals surface area contributed by atoms with Crippen LogP contribution in [0, 0.1) is 12.8 Å². The molecule has 0 bridgehead atoms. The molecule has 2 saturated heterocycles. The third kappa shape index (κ3) is 4.04. The van der Waals surface area contributed by atoms with Gasteiger partial charge in [0.1, 0.15) is 0 Å². The van der Waals surface area contributed by atoms with Gasteiger partial charge in [-0.1, -0.05) is 18.2 Å². The summed E-state index contributed by atoms with van der Waals surface area (Å²) in [7, 11) is 0. The Kier molecular flexibility index (Phi) is 5.23. The van der Waals surface area contributed by atoms with Gasteiger partial charge in [0.25, 0.3) is 0 Å². The number of hydrogen-bond donors (Lipinski definition) is 0. The van der Waals surface area contributed by atoms with E-state index < -0.39 is 0 Å². The summed E-state index contributed by atoms with van der Waals surface area (Å²) in [6.07, 6.45) is 1.99. The Morgan fingerprint density at radius 2 is 1.70 bits per heavy atom. The van der Waals surface area contributed by atoms with Gasteiger partial charge in [-0.15, -0.1) is 5.10 Å². The minimum Gasteiger partial charge on any atom is -0.368 e. The normalized spacial score (nSPS) is 20.6. The Morgan fingerprint density at radius 1 is 0.926 bits per heavy atom. The van der Waals surface area contributed by atoms with Crippen LogP contribution in [0.1, 0.15) is 18.5 Å². The zero-order valence-corrected chi connectivity index (χ0v) is 15.9. The summed E-state index contributed by atoms with van der Waals surface area (Å²) >= 11 is 0. The van der Waals surface area contributed by atoms with Crippen LogP contribution < -0.4 is 9.80 Å². The van der Waals surface area contributed by atoms with Gasteiger partial charge in [0, 0.05) is 45.0 Å². The molecule has 4 rings (SSSR count). The number of nitrogens with zero attached hydrogens (tertiary/aromatic N) is 5. The average Bonchev–Trinajstić information content (AvgIpc) is 2.75. The zero-order chi connectivity index (χ0) is 18.6. The molecule has 2 aromatic rings. The first-order chi connectivity index (χ1) is 13.2. The molecule has 1 aromatic carbocycles. The number of carbonyl (C=O) groups excluding carboxylic acids is 1. The summed E-state index contributed by atoms with van der Waals surface area (Å²) in [4.78, 5) is 19.7. The standard InChI is InChI=1S/C21H27N5O/c1-17-9-10-20(23-22-17)26-11-5-6-18(16-26)21(27)25-14-12-24(13-15-25)19-7-3-2-4-8-19/h2-4,7-10,18H,5-6,11-16H2,1H3. The molecule has 0 aliphatic carbocycles. The first-order valence-corrected chi connectivity index (χ1v) is 9.85. The molecule has 1 unspecified atom stereocenters. The van der Waals surface area contributed by atoms with Gasteiger partial charge in [-0.2, -0.15) is 5.10 Å². The molecule has 0 spiro atoms. The number of benzene rings is 1. The van der Waals surface area contributed by atoms with Crippen molar-refractivity contribution in [2.75, 3.05) is 49.1 Å². The zero-order valence-electron chi connectivity index (χ0n) is 15.9. The summed E-state index contributed by atoms with van der Waals surface area (Å²) < 4.78 is 0. The molecule has 6 nitrogen and oxygen atoms in total. The average molecular weight is 365 g/mol. The lowest BCUT2D eigenvalue weighted by Gasteiger charge is -2.40. The van der Waals surface area contributed by atoms with Crippen molar-refractivity contribution in [3.8, 4) is 0 Å². The van der Waals surface area contributed by atoms with Crippen LogP contribution >= 0.6 is 0 Å². The summed E-state index contributed by atoms with van der Waals surface area (Å²) in [5, 5.41) is 8.45. The minimum atomic E-state index is 0.0603. The molecule has 0 N–H and O–H groups in total. The fraction of sp³-hybridized carbons (Fsp3) is 0.476. The van der Waals surface area contributed by atoms with Crippen LogP contribution in [0.2, 0.25) is 0 Å². The largest absolute Gasteiger partial charge is 0.368 e. The van der Waals surface area contributed by atoms with Crippen LogP contribution in [0.25, 0.3) is 0 Å². The molecule has 6 heteroatoms. The number of rotatable bonds is 3. The quantitative estimate of drug-likeness (QED) is 0.836. The SMILES string of the molecule is Cc1ccc(N2CCCC(C(=O)N3CCN(c4ccccc4)CC3)C2)nn1. The number of carbonyl (C=O) groups is 1. The molecule has 3 heterocycles. The van der Waals surface area contributed by atoms with Gasteiger partial charge in [0.05, 0.1) is 11.6 Å². The number of piperidine rings is 1. The Morgan fingerprint density at radius 3 is 2.41 bits per heavy atom. The third-order valence-corrected chi connectivity index (χ3v) is 5.59. The van der Waals surface area contributed by atoms with Crippen molar-refractivity contribution in [1.82, 2.24) is 15.1 Å². The predicted molar refractivity (Wildman–Crippen MR) is 107 cm³/mol. The van der Waals surface area contributed by atoms with Gasteiger partial charge in [0.2, 0.25) is 5.91 Å². The molecule has 2 fully saturated rings. The lowest BCUT2D eigenvalue weighted by molar-refractivity contribution is -0.136. The van der Waals surface area contributed by atoms with E-state index in [0.717, 1.165) is 63.6 Å². The van der Waals surface area contributed by atoms with Gasteiger partial charge in [-0.25, -0.2) is 0 Å². The highest BCUT2D eigenvalue weighted by Crippen LogP contribution is 2.24. The maximum atomic E-state index is 13.1. The van der Waals surface area contributed by atoms with Crippen LogP contribution in [-0.2, 0) is 4.79 Å². The lowest BCUT2D eigenvalue weighted by Crippen LogP contribution is -2.52. The highest BCUT2D eigenvalue weighted by molar-refractivity contribution is 5.80. The number of para-hydroxylation sites is 1. The van der Waals surface area contributed by atoms with Crippen LogP contribution in [0.3, 0.4) is 0 Å². The second-order valence-electron chi connectivity index (χ2n) is 7.47. The molecule has 142 valence electrons. The highest BCUT2D eigenvalue weighted by atomic mass is 16.2. The topological polar surface area (TPSA) is 52.6 Å². The fourth-order valence-corrected chi connectivity index (χ4v) is 4.03. The van der Waals surface area contributed by atoms with Gasteiger partial charge >= 0.3 is 0 Å². The molecule has 1 aromatic heterocycles. The van der Waals surface area contributed by atoms with E-state index in [1.165, 1.54) is 5.69 Å². The summed E-state index contributed by atoms with van der Waals surface area (Å²) in [5.74, 6) is 1.24. The molecule has 2 aliphatic heterocycles. The maximum Gasteiger partial charge on any atom is 0.227 e. The van der Waals surface area contributed by atoms with Gasteiger partial charge in [-0.3, -0.25) is 4.79 Å². The molecule has 2 aliphatic rings. The van der Waals surface area contributed by atoms with E-state index in [4.69, 9.17) is 0 Å². The molecule has 0 saturated carbocycles. The van der Waals surface area contributed by atoms with E-state index in [9.17, 15) is 4.79 Å². The number of anilines is 2. The Hall–Kier alpha value is -2.63. The van der Waals surface area contributed by atoms with E-state index >= 15 is 0 Å². The van der Waals surface area contributed by atoms with Crippen LogP contribution in [0.4, 0.5) is 11.5 Å². The van der Waals surface area contributed by atoms with Crippen LogP contribution in [0.5, 0.6) is 0 Å². The van der Waals surface area contributed by atoms with Crippen molar-refractivity contribution in [2.45, 2.75) is 19.8 Å². The van der Waals surface area contributed by atoms with Crippen molar-refractivity contribution < 1.29 is 4.79 Å². The molecule has 0 radical (unpaired) electrons. The Labute approximate surface area is 160 Å². The molecular weight excluding hydrogens is 338 g/mol. The second kappa shape index (κ2) is 7.94. The lowest BCUT2D eigenvalue weighted by atomic mass is 9.96. The second-order valence-corrected chi connectivity index (χ2v) is 7.47. The van der Waals surface area contributed by atoms with E-state index in [1.54, 1.807) is 0 Å². The predicted octanol–water partition coefficient (Wildman–Crippen LogP) is 2.35. The molecular formula is C21H27N5O. The number of aromatic nitrogens is 2. The van der Waals surface area contributed by atoms with E-state index in [2.05, 4.69) is 49.2 Å². The molecule has 27 heavy (non-hydrogen) atoms. The smallest absolute Gasteiger partial charge is 0.227 e. The maximum absolute atomic E-state index is 13.1. The Balaban J connectivity index is 1.35. The summed E-state index contributed by atoms with van der Waals surface area (Å²) in [6.45, 7) is 7.03. The fourth-order valence-electron chi connectivity index (χ4n) is 4.03. The minimum absolute atomic E-state index is 0.0603. The number of amides is 1. The highest BCUT2D eigenvalue weighted by Gasteiger charge is 2.31. The first kappa shape index (κ1) is 17.8. The molecule has 1 atom stereocenters. The number of hydrogen-bond acceptors (Lipinski definition) is 5. The number of aryl methyl sites for hydroxylation is 1. The Bertz CT molecular complexity index is 756. The van der Waals surface area contributed by atoms with Crippen molar-refractivity contribution in [2.24, 2.45) is 5.92 Å². The van der Waals surface area contributed by atoms with Gasteiger partial charge < -0.3 is 14.7 Å². The first-order valence-electron chi connectivity index (χ1n) is 9.85. The van der Waals surface area contributed by atoms with Crippen LogP contribution in [0.15, 0.2) is 42.5 Å². The van der Waals surface area contributed by atoms with Crippen molar-refractivity contribution in [3.63, 3.8) is 0 Å². The number of piperazine rings is 1. The van der Waals surface area contributed by atoms with Crippen LogP contribution in [-0.4, -0.2) is 60.3 Å². The van der Waals surface area contributed by atoms with E-state index in [0.29, 0.717) is 5.91 Å². The van der Waals surface area contributed by atoms with Gasteiger partial charge in [0.15, 0.2) is 5.82 Å². The monoisotopic (exact) mass is 365 g/mol. The molecule has 1 amide bonds. The summed E-state index contributed by atoms with van der Waals surface area (Å²) in [6, 6.07) is 14.4.